The van der Waals surface area contributed by atoms with E-state index >= 15 is 0 Å². The van der Waals surface area contributed by atoms with Crippen molar-refractivity contribution in [1.82, 2.24) is 9.80 Å². The van der Waals surface area contributed by atoms with Crippen molar-refractivity contribution in [3.8, 4) is 0 Å². The van der Waals surface area contributed by atoms with Gasteiger partial charge in [0.05, 0.1) is 13.7 Å². The second-order valence-electron chi connectivity index (χ2n) is 6.64. The summed E-state index contributed by atoms with van der Waals surface area (Å²) < 4.78 is 62.2. The number of carbonyl (C=O) groups excluding carboxylic acids is 1. The Hall–Kier alpha value is -2.56. The highest BCUT2D eigenvalue weighted by molar-refractivity contribution is 5.88. The van der Waals surface area contributed by atoms with E-state index in [1.807, 2.05) is 0 Å². The Bertz CT molecular complexity index is 697. The second-order valence-corrected chi connectivity index (χ2v) is 6.64. The van der Waals surface area contributed by atoms with Gasteiger partial charge in [-0.1, -0.05) is 24.8 Å². The number of alkyl halides is 4. The van der Waals surface area contributed by atoms with Crippen LogP contribution in [-0.2, 0) is 4.79 Å². The van der Waals surface area contributed by atoms with Crippen LogP contribution in [0, 0.1) is 5.92 Å². The second kappa shape index (κ2) is 14.4. The topological polar surface area (TPSA) is 74.3 Å². The fourth-order valence-electron chi connectivity index (χ4n) is 2.71. The molecule has 0 saturated heterocycles. The molecule has 6 nitrogen and oxygen atoms in total. The number of allylic oxidation sites excluding steroid dienone is 5. The Balaban J connectivity index is 0.00000436. The summed E-state index contributed by atoms with van der Waals surface area (Å²) in [6.07, 6.45) is 1.51. The van der Waals surface area contributed by atoms with Crippen molar-refractivity contribution in [2.24, 2.45) is 21.9 Å². The molecule has 1 atom stereocenters. The smallest absolute Gasteiger partial charge is 0.352 e. The summed E-state index contributed by atoms with van der Waals surface area (Å²) in [5.74, 6) is -2.10. The number of hydrogen-bond donors (Lipinski definition) is 1. The number of nitrogens with two attached hydrogens (primary N) is 1. The molecular formula is C20H30F5N5O. The third-order valence-corrected chi connectivity index (χ3v) is 4.39. The summed E-state index contributed by atoms with van der Waals surface area (Å²) >= 11 is 0. The van der Waals surface area contributed by atoms with Crippen LogP contribution >= 0.6 is 0 Å². The predicted octanol–water partition coefficient (Wildman–Crippen LogP) is 3.63. The van der Waals surface area contributed by atoms with Gasteiger partial charge in [-0.05, 0) is 31.4 Å². The van der Waals surface area contributed by atoms with E-state index in [2.05, 4.69) is 16.8 Å². The van der Waals surface area contributed by atoms with Gasteiger partial charge in [0.1, 0.15) is 5.83 Å². The minimum absolute atomic E-state index is 0.0276. The highest BCUT2D eigenvalue weighted by atomic mass is 19.4. The van der Waals surface area contributed by atoms with Crippen molar-refractivity contribution >= 4 is 18.0 Å². The van der Waals surface area contributed by atoms with E-state index in [4.69, 9.17) is 5.73 Å². The lowest BCUT2D eigenvalue weighted by atomic mass is 9.94. The first kappa shape index (κ1) is 28.4. The van der Waals surface area contributed by atoms with E-state index in [0.29, 0.717) is 12.8 Å². The van der Waals surface area contributed by atoms with Gasteiger partial charge in [0.2, 0.25) is 11.7 Å². The number of amidine groups is 1. The van der Waals surface area contributed by atoms with Crippen LogP contribution in [0.5, 0.6) is 0 Å². The van der Waals surface area contributed by atoms with Crippen LogP contribution in [0.4, 0.5) is 22.0 Å². The molecule has 0 radical (unpaired) electrons. The molecule has 31 heavy (non-hydrogen) atoms. The molecule has 0 spiro atoms. The molecule has 0 aromatic heterocycles. The van der Waals surface area contributed by atoms with Crippen LogP contribution in [0.3, 0.4) is 0 Å². The zero-order valence-corrected chi connectivity index (χ0v) is 18.0. The molecule has 0 saturated carbocycles. The number of halogens is 5. The average molecular weight is 451 g/mol. The molecule has 11 heteroatoms. The molecule has 0 bridgehead atoms. The van der Waals surface area contributed by atoms with Crippen LogP contribution < -0.4 is 5.73 Å². The van der Waals surface area contributed by atoms with Crippen molar-refractivity contribution < 1.29 is 26.7 Å². The molecule has 1 aliphatic rings. The lowest BCUT2D eigenvalue weighted by Crippen LogP contribution is -2.44. The number of amides is 1. The average Bonchev–Trinajstić information content (AvgIpc) is 2.81. The molecular weight excluding hydrogens is 421 g/mol. The first-order valence-corrected chi connectivity index (χ1v) is 9.47. The van der Waals surface area contributed by atoms with Crippen LogP contribution in [0.25, 0.3) is 0 Å². The standard InChI is InChI=1S/C19H27F4N5O.CH3F/c1-4-5-6-16(14(2)20)11-15(13-24)12-17(29)28-8-7-25-26-18(19(21,22)23)27(3)9-10-28;1-2/h4-7,15H,1,8-13,24H2,2-3H3;1H3/b6-5-,16-14-,25-7+,26-18-;. The van der Waals surface area contributed by atoms with Crippen molar-refractivity contribution in [3.05, 3.63) is 36.2 Å². The zero-order chi connectivity index (χ0) is 24.0. The summed E-state index contributed by atoms with van der Waals surface area (Å²) in [6, 6.07) is 0. The SMILES string of the molecule is C=C/C=C\C(CC(CN)CC(=O)N1C/C=N/N=C(/C(F)(F)F)N(C)CC1)=C(/C)F.CF. The maximum Gasteiger partial charge on any atom is 0.451 e. The number of nitrogens with zero attached hydrogens (tertiary/aromatic N) is 4. The molecule has 0 aromatic carbocycles. The summed E-state index contributed by atoms with van der Waals surface area (Å²) in [7, 11) is 1.74. The van der Waals surface area contributed by atoms with E-state index in [-0.39, 0.29) is 56.7 Å². The fourth-order valence-corrected chi connectivity index (χ4v) is 2.71. The van der Waals surface area contributed by atoms with Crippen molar-refractivity contribution in [2.45, 2.75) is 25.9 Å². The van der Waals surface area contributed by atoms with Crippen LogP contribution in [-0.4, -0.2) is 74.3 Å². The van der Waals surface area contributed by atoms with E-state index in [0.717, 1.165) is 11.1 Å². The Kier molecular flexibility index (Phi) is 13.3. The van der Waals surface area contributed by atoms with Gasteiger partial charge in [-0.15, -0.1) is 5.10 Å². The van der Waals surface area contributed by atoms with E-state index < -0.39 is 12.0 Å². The van der Waals surface area contributed by atoms with Gasteiger partial charge in [-0.2, -0.15) is 18.3 Å². The molecule has 1 rings (SSSR count). The summed E-state index contributed by atoms with van der Waals surface area (Å²) in [4.78, 5) is 15.0. The lowest BCUT2D eigenvalue weighted by molar-refractivity contribution is -0.131. The van der Waals surface area contributed by atoms with Crippen molar-refractivity contribution in [3.63, 3.8) is 0 Å². The first-order valence-electron chi connectivity index (χ1n) is 9.47. The van der Waals surface area contributed by atoms with Gasteiger partial charge >= 0.3 is 6.18 Å². The van der Waals surface area contributed by atoms with Gasteiger partial charge < -0.3 is 15.5 Å². The first-order chi connectivity index (χ1) is 14.6. The van der Waals surface area contributed by atoms with Gasteiger partial charge in [0, 0.05) is 32.8 Å². The van der Waals surface area contributed by atoms with Gasteiger partial charge in [0.25, 0.3) is 0 Å². The number of rotatable bonds is 7. The molecule has 0 aliphatic carbocycles. The third-order valence-electron chi connectivity index (χ3n) is 4.39. The molecule has 176 valence electrons. The normalized spacial score (nSPS) is 19.7. The maximum atomic E-state index is 13.7. The predicted molar refractivity (Wildman–Crippen MR) is 113 cm³/mol. The quantitative estimate of drug-likeness (QED) is 0.475. The molecule has 1 unspecified atom stereocenters. The minimum Gasteiger partial charge on any atom is -0.352 e. The molecule has 1 heterocycles. The van der Waals surface area contributed by atoms with Crippen molar-refractivity contribution in [2.75, 3.05) is 40.4 Å². The van der Waals surface area contributed by atoms with Crippen LogP contribution in [0.1, 0.15) is 19.8 Å². The van der Waals surface area contributed by atoms with Crippen LogP contribution in [0.2, 0.25) is 0 Å². The number of hydrogen-bond acceptors (Lipinski definition) is 5. The monoisotopic (exact) mass is 451 g/mol. The summed E-state index contributed by atoms with van der Waals surface area (Å²) in [5.41, 5.74) is 6.18. The third kappa shape index (κ3) is 10.3. The minimum atomic E-state index is -4.64. The Labute approximate surface area is 179 Å². The Morgan fingerprint density at radius 3 is 2.48 bits per heavy atom. The highest BCUT2D eigenvalue weighted by Gasteiger charge is 2.39. The van der Waals surface area contributed by atoms with E-state index in [9.17, 15) is 26.7 Å². The molecule has 1 aliphatic heterocycles. The summed E-state index contributed by atoms with van der Waals surface area (Å²) in [6.45, 7) is 5.06. The Morgan fingerprint density at radius 2 is 1.97 bits per heavy atom. The fraction of sp³-hybridized carbons (Fsp3) is 0.550. The number of carbonyl (C=O) groups is 1. The van der Waals surface area contributed by atoms with Crippen molar-refractivity contribution in [1.29, 1.82) is 0 Å². The highest BCUT2D eigenvalue weighted by Crippen LogP contribution is 2.22. The van der Waals surface area contributed by atoms with E-state index in [1.54, 1.807) is 12.2 Å². The Morgan fingerprint density at radius 1 is 1.32 bits per heavy atom. The van der Waals surface area contributed by atoms with Gasteiger partial charge in [-0.3, -0.25) is 9.18 Å². The molecule has 2 N–H and O–H groups in total. The molecule has 0 fully saturated rings. The lowest BCUT2D eigenvalue weighted by Gasteiger charge is -2.27. The van der Waals surface area contributed by atoms with Gasteiger partial charge in [-0.25, -0.2) is 4.39 Å². The molecule has 1 amide bonds. The molecule has 0 aromatic rings. The summed E-state index contributed by atoms with van der Waals surface area (Å²) in [5, 5.41) is 6.65. The van der Waals surface area contributed by atoms with Gasteiger partial charge in [0.15, 0.2) is 0 Å². The zero-order valence-electron chi connectivity index (χ0n) is 18.0. The van der Waals surface area contributed by atoms with E-state index in [1.165, 1.54) is 24.9 Å². The van der Waals surface area contributed by atoms with Crippen LogP contribution in [0.15, 0.2) is 46.4 Å². The number of likely N-dealkylation sites (N-methyl/N-ethyl adjacent to an activating group) is 1. The maximum absolute atomic E-state index is 13.7. The largest absolute Gasteiger partial charge is 0.451 e.